The molecule has 4 nitrogen and oxygen atoms in total. The number of piperidine rings is 1. The maximum atomic E-state index is 13.9. The molecule has 3 rings (SSSR count). The Balaban J connectivity index is 1.58. The van der Waals surface area contributed by atoms with Gasteiger partial charge in [-0.3, -0.25) is 9.59 Å². The molecule has 1 unspecified atom stereocenters. The van der Waals surface area contributed by atoms with E-state index in [1.807, 2.05) is 0 Å². The summed E-state index contributed by atoms with van der Waals surface area (Å²) in [7, 11) is 0. The molecule has 1 atom stereocenters. The van der Waals surface area contributed by atoms with Crippen molar-refractivity contribution >= 4 is 39.2 Å². The Kier molecular flexibility index (Phi) is 6.90. The number of rotatable bonds is 5. The van der Waals surface area contributed by atoms with Gasteiger partial charge in [0.1, 0.15) is 17.4 Å². The molecule has 0 saturated carbocycles. The van der Waals surface area contributed by atoms with Crippen molar-refractivity contribution in [2.45, 2.75) is 25.9 Å². The number of carbonyl (C=O) groups is 2. The van der Waals surface area contributed by atoms with Gasteiger partial charge in [0.05, 0.1) is 10.0 Å². The molecule has 0 bridgehead atoms. The molecule has 0 spiro atoms. The van der Waals surface area contributed by atoms with Crippen LogP contribution in [0.15, 0.2) is 40.9 Å². The van der Waals surface area contributed by atoms with Crippen molar-refractivity contribution in [1.29, 1.82) is 0 Å². The average molecular weight is 487 g/mol. The monoisotopic (exact) mass is 485 g/mol. The summed E-state index contributed by atoms with van der Waals surface area (Å²) in [4.78, 5) is 26.9. The van der Waals surface area contributed by atoms with Gasteiger partial charge in [0.15, 0.2) is 11.9 Å². The molecule has 1 heterocycles. The molecule has 1 saturated heterocycles. The number of halogens is 4. The minimum Gasteiger partial charge on any atom is -0.480 e. The van der Waals surface area contributed by atoms with Gasteiger partial charge in [-0.25, -0.2) is 8.78 Å². The molecule has 2 aromatic carbocycles. The SMILES string of the molecule is CC(Oc1ccc(Cl)cc1Br)C(=O)N1CCC(C(=O)c2cc(F)ccc2F)CC1. The average Bonchev–Trinajstić information content (AvgIpc) is 2.71. The highest BCUT2D eigenvalue weighted by Crippen LogP contribution is 2.29. The van der Waals surface area contributed by atoms with E-state index in [-0.39, 0.29) is 11.5 Å². The third-order valence-corrected chi connectivity index (χ3v) is 5.77. The Morgan fingerprint density at radius 1 is 1.17 bits per heavy atom. The highest BCUT2D eigenvalue weighted by atomic mass is 79.9. The fraction of sp³-hybridized carbons (Fsp3) is 0.333. The first-order valence-corrected chi connectivity index (χ1v) is 10.3. The summed E-state index contributed by atoms with van der Waals surface area (Å²) in [6, 6.07) is 7.88. The lowest BCUT2D eigenvalue weighted by atomic mass is 9.88. The lowest BCUT2D eigenvalue weighted by Crippen LogP contribution is -2.45. The number of Topliss-reactive ketones (excluding diaryl/α,β-unsaturated/α-hetero) is 1. The minimum absolute atomic E-state index is 0.199. The van der Waals surface area contributed by atoms with Gasteiger partial charge in [0.2, 0.25) is 0 Å². The van der Waals surface area contributed by atoms with Crippen LogP contribution in [0.1, 0.15) is 30.1 Å². The zero-order chi connectivity index (χ0) is 21.1. The Hall–Kier alpha value is -1.99. The molecule has 2 aromatic rings. The quantitative estimate of drug-likeness (QED) is 0.541. The van der Waals surface area contributed by atoms with Gasteiger partial charge in [-0.2, -0.15) is 0 Å². The molecule has 8 heteroatoms. The highest BCUT2D eigenvalue weighted by Gasteiger charge is 2.31. The van der Waals surface area contributed by atoms with Crippen LogP contribution in [0.5, 0.6) is 5.75 Å². The number of likely N-dealkylation sites (tertiary alicyclic amines) is 1. The second kappa shape index (κ2) is 9.22. The highest BCUT2D eigenvalue weighted by molar-refractivity contribution is 9.10. The number of carbonyl (C=O) groups excluding carboxylic acids is 2. The number of amides is 1. The Morgan fingerprint density at radius 2 is 1.86 bits per heavy atom. The first-order chi connectivity index (χ1) is 13.8. The van der Waals surface area contributed by atoms with Crippen molar-refractivity contribution in [3.05, 3.63) is 63.1 Å². The first-order valence-electron chi connectivity index (χ1n) is 9.16. The van der Waals surface area contributed by atoms with E-state index < -0.39 is 29.4 Å². The van der Waals surface area contributed by atoms with Gasteiger partial charge in [0, 0.05) is 24.0 Å². The summed E-state index contributed by atoms with van der Waals surface area (Å²) in [5.74, 6) is -1.95. The Bertz CT molecular complexity index is 932. The van der Waals surface area contributed by atoms with Crippen LogP contribution in [0, 0.1) is 17.6 Å². The van der Waals surface area contributed by atoms with Crippen molar-refractivity contribution < 1.29 is 23.1 Å². The smallest absolute Gasteiger partial charge is 0.263 e. The summed E-state index contributed by atoms with van der Waals surface area (Å²) < 4.78 is 33.6. The molecule has 1 aliphatic rings. The first kappa shape index (κ1) is 21.7. The lowest BCUT2D eigenvalue weighted by molar-refractivity contribution is -0.139. The largest absolute Gasteiger partial charge is 0.480 e. The number of ketones is 1. The van der Waals surface area contributed by atoms with Crippen molar-refractivity contribution in [1.82, 2.24) is 4.90 Å². The predicted molar refractivity (Wildman–Crippen MR) is 109 cm³/mol. The molecule has 0 aliphatic carbocycles. The van der Waals surface area contributed by atoms with Crippen LogP contribution in [0.4, 0.5) is 8.78 Å². The van der Waals surface area contributed by atoms with E-state index in [9.17, 15) is 18.4 Å². The molecule has 29 heavy (non-hydrogen) atoms. The summed E-state index contributed by atoms with van der Waals surface area (Å²) in [5.41, 5.74) is -0.237. The van der Waals surface area contributed by atoms with Crippen LogP contribution >= 0.6 is 27.5 Å². The van der Waals surface area contributed by atoms with Crippen LogP contribution in [0.25, 0.3) is 0 Å². The summed E-state index contributed by atoms with van der Waals surface area (Å²) in [5, 5.41) is 0.546. The molecule has 154 valence electrons. The number of nitrogens with zero attached hydrogens (tertiary/aromatic N) is 1. The van der Waals surface area contributed by atoms with Gasteiger partial charge in [0.25, 0.3) is 5.91 Å². The Morgan fingerprint density at radius 3 is 2.52 bits per heavy atom. The van der Waals surface area contributed by atoms with Crippen molar-refractivity contribution in [3.8, 4) is 5.75 Å². The van der Waals surface area contributed by atoms with E-state index >= 15 is 0 Å². The minimum atomic E-state index is -0.731. The molecule has 0 radical (unpaired) electrons. The van der Waals surface area contributed by atoms with E-state index in [0.717, 1.165) is 18.2 Å². The third kappa shape index (κ3) is 5.14. The van der Waals surface area contributed by atoms with Crippen molar-refractivity contribution in [3.63, 3.8) is 0 Å². The topological polar surface area (TPSA) is 46.6 Å². The fourth-order valence-electron chi connectivity index (χ4n) is 3.34. The summed E-state index contributed by atoms with van der Waals surface area (Å²) in [6.07, 6.45) is 0.0517. The number of hydrogen-bond acceptors (Lipinski definition) is 3. The zero-order valence-electron chi connectivity index (χ0n) is 15.6. The molecular weight excluding hydrogens is 468 g/mol. The maximum absolute atomic E-state index is 13.9. The molecule has 1 aliphatic heterocycles. The standard InChI is InChI=1S/C21H19BrClF2NO3/c1-12(29-19-5-2-14(23)10-17(19)22)21(28)26-8-6-13(7-9-26)20(27)16-11-15(24)3-4-18(16)25/h2-5,10-13H,6-9H2,1H3. The van der Waals surface area contributed by atoms with Crippen molar-refractivity contribution in [2.24, 2.45) is 5.92 Å². The van der Waals surface area contributed by atoms with Gasteiger partial charge in [-0.05, 0) is 72.1 Å². The van der Waals surface area contributed by atoms with E-state index in [1.165, 1.54) is 0 Å². The number of ether oxygens (including phenoxy) is 1. The van der Waals surface area contributed by atoms with Gasteiger partial charge in [-0.15, -0.1) is 0 Å². The maximum Gasteiger partial charge on any atom is 0.263 e. The molecule has 0 N–H and O–H groups in total. The second-order valence-corrected chi connectivity index (χ2v) is 8.21. The van der Waals surface area contributed by atoms with E-state index in [0.29, 0.717) is 41.2 Å². The second-order valence-electron chi connectivity index (χ2n) is 6.92. The van der Waals surface area contributed by atoms with Gasteiger partial charge < -0.3 is 9.64 Å². The number of hydrogen-bond donors (Lipinski definition) is 0. The van der Waals surface area contributed by atoms with Crippen LogP contribution in [0.2, 0.25) is 5.02 Å². The predicted octanol–water partition coefficient (Wildman–Crippen LogP) is 5.27. The molecule has 0 aromatic heterocycles. The number of benzene rings is 2. The van der Waals surface area contributed by atoms with Crippen LogP contribution in [-0.4, -0.2) is 35.8 Å². The van der Waals surface area contributed by atoms with E-state index in [2.05, 4.69) is 15.9 Å². The van der Waals surface area contributed by atoms with Crippen LogP contribution in [0.3, 0.4) is 0 Å². The van der Waals surface area contributed by atoms with E-state index in [4.69, 9.17) is 16.3 Å². The summed E-state index contributed by atoms with van der Waals surface area (Å²) >= 11 is 9.26. The van der Waals surface area contributed by atoms with Gasteiger partial charge >= 0.3 is 0 Å². The van der Waals surface area contributed by atoms with Crippen molar-refractivity contribution in [2.75, 3.05) is 13.1 Å². The normalized spacial score (nSPS) is 15.8. The van der Waals surface area contributed by atoms with Crippen LogP contribution in [-0.2, 0) is 4.79 Å². The zero-order valence-corrected chi connectivity index (χ0v) is 18.0. The van der Waals surface area contributed by atoms with E-state index in [1.54, 1.807) is 30.0 Å². The lowest BCUT2D eigenvalue weighted by Gasteiger charge is -2.33. The molecule has 1 fully saturated rings. The molecular formula is C21H19BrClF2NO3. The molecule has 1 amide bonds. The third-order valence-electron chi connectivity index (χ3n) is 4.92. The Labute approximate surface area is 180 Å². The van der Waals surface area contributed by atoms with Crippen LogP contribution < -0.4 is 4.74 Å². The van der Waals surface area contributed by atoms with Gasteiger partial charge in [-0.1, -0.05) is 11.6 Å². The fourth-order valence-corrected chi connectivity index (χ4v) is 4.11. The summed E-state index contributed by atoms with van der Waals surface area (Å²) in [6.45, 7) is 2.35.